The third-order valence-electron chi connectivity index (χ3n) is 5.38. The van der Waals surface area contributed by atoms with Crippen LogP contribution in [0.2, 0.25) is 10.0 Å². The highest BCUT2D eigenvalue weighted by Gasteiger charge is 2.33. The molecule has 1 aromatic carbocycles. The van der Waals surface area contributed by atoms with Crippen molar-refractivity contribution < 1.29 is 9.72 Å². The Balaban J connectivity index is 1.66. The minimum absolute atomic E-state index is 0.116. The summed E-state index contributed by atoms with van der Waals surface area (Å²) in [6, 6.07) is 3.07. The molecule has 0 N–H and O–H groups in total. The minimum atomic E-state index is -0.515. The first kappa shape index (κ1) is 19.4. The summed E-state index contributed by atoms with van der Waals surface area (Å²) in [4.78, 5) is 27.5. The number of carbonyl (C=O) groups excluding carboxylic acids is 1. The van der Waals surface area contributed by atoms with E-state index in [0.29, 0.717) is 23.7 Å². The highest BCUT2D eigenvalue weighted by atomic mass is 35.5. The Morgan fingerprint density at radius 2 is 1.96 bits per heavy atom. The third-order valence-corrected chi connectivity index (χ3v) is 6.04. The number of nitrogens with zero attached hydrogens (tertiary/aromatic N) is 3. The summed E-state index contributed by atoms with van der Waals surface area (Å²) in [6.45, 7) is 4.66. The summed E-state index contributed by atoms with van der Waals surface area (Å²) in [6.07, 6.45) is 4.31. The van der Waals surface area contributed by atoms with Crippen LogP contribution in [-0.4, -0.2) is 46.3 Å². The normalized spacial score (nSPS) is 22.0. The van der Waals surface area contributed by atoms with E-state index < -0.39 is 4.92 Å². The van der Waals surface area contributed by atoms with E-state index in [1.165, 1.54) is 6.07 Å². The highest BCUT2D eigenvalue weighted by molar-refractivity contribution is 6.35. The Kier molecular flexibility index (Phi) is 6.05. The minimum Gasteiger partial charge on any atom is -0.337 e. The van der Waals surface area contributed by atoms with Crippen molar-refractivity contribution in [1.29, 1.82) is 0 Å². The highest BCUT2D eigenvalue weighted by Crippen LogP contribution is 2.33. The number of carbonyl (C=O) groups is 1. The Morgan fingerprint density at radius 3 is 2.58 bits per heavy atom. The van der Waals surface area contributed by atoms with Crippen LogP contribution in [0.5, 0.6) is 0 Å². The maximum atomic E-state index is 12.7. The second-order valence-electron chi connectivity index (χ2n) is 7.25. The lowest BCUT2D eigenvalue weighted by atomic mass is 10.0. The van der Waals surface area contributed by atoms with Crippen LogP contribution in [0.3, 0.4) is 0 Å². The van der Waals surface area contributed by atoms with Gasteiger partial charge >= 0.3 is 0 Å². The lowest BCUT2D eigenvalue weighted by Crippen LogP contribution is -2.54. The lowest BCUT2D eigenvalue weighted by Gasteiger charge is -2.41. The Morgan fingerprint density at radius 1 is 1.27 bits per heavy atom. The van der Waals surface area contributed by atoms with Gasteiger partial charge in [-0.05, 0) is 31.4 Å². The van der Waals surface area contributed by atoms with Crippen LogP contribution in [0, 0.1) is 16.0 Å². The Labute approximate surface area is 163 Å². The smallest absolute Gasteiger partial charge is 0.289 e. The van der Waals surface area contributed by atoms with Crippen LogP contribution in [0.1, 0.15) is 38.2 Å². The zero-order valence-corrected chi connectivity index (χ0v) is 16.3. The maximum absolute atomic E-state index is 12.7. The van der Waals surface area contributed by atoms with Crippen molar-refractivity contribution in [3.8, 4) is 0 Å². The molecule has 1 saturated heterocycles. The Bertz CT molecular complexity index is 707. The van der Waals surface area contributed by atoms with Crippen molar-refractivity contribution in [3.05, 3.63) is 37.9 Å². The number of nitro benzene ring substituents is 1. The van der Waals surface area contributed by atoms with Crippen molar-refractivity contribution in [1.82, 2.24) is 9.80 Å². The molecule has 1 amide bonds. The fourth-order valence-electron chi connectivity index (χ4n) is 4.03. The number of halogens is 2. The van der Waals surface area contributed by atoms with Gasteiger partial charge in [0.1, 0.15) is 5.02 Å². The van der Waals surface area contributed by atoms with E-state index in [0.717, 1.165) is 38.8 Å². The quantitative estimate of drug-likeness (QED) is 0.563. The van der Waals surface area contributed by atoms with E-state index in [4.69, 9.17) is 23.2 Å². The van der Waals surface area contributed by atoms with Gasteiger partial charge in [-0.2, -0.15) is 0 Å². The molecule has 26 heavy (non-hydrogen) atoms. The number of amides is 1. The van der Waals surface area contributed by atoms with Crippen molar-refractivity contribution in [3.63, 3.8) is 0 Å². The monoisotopic (exact) mass is 399 g/mol. The van der Waals surface area contributed by atoms with E-state index in [2.05, 4.69) is 11.8 Å². The molecule has 0 radical (unpaired) electrons. The molecule has 1 aromatic rings. The molecule has 3 rings (SSSR count). The van der Waals surface area contributed by atoms with Crippen LogP contribution in [-0.2, 0) is 11.3 Å². The van der Waals surface area contributed by atoms with Crippen LogP contribution >= 0.6 is 23.2 Å². The molecular formula is C18H23Cl2N3O3. The van der Waals surface area contributed by atoms with Gasteiger partial charge in [-0.25, -0.2) is 0 Å². The van der Waals surface area contributed by atoms with E-state index >= 15 is 0 Å². The van der Waals surface area contributed by atoms with E-state index in [9.17, 15) is 14.9 Å². The molecule has 1 heterocycles. The molecular weight excluding hydrogens is 377 g/mol. The molecule has 142 valence electrons. The fraction of sp³-hybridized carbons (Fsp3) is 0.611. The summed E-state index contributed by atoms with van der Waals surface area (Å²) in [5.41, 5.74) is 0.478. The van der Waals surface area contributed by atoms with E-state index in [-0.39, 0.29) is 28.6 Å². The largest absolute Gasteiger partial charge is 0.337 e. The molecule has 0 aromatic heterocycles. The summed E-state index contributed by atoms with van der Waals surface area (Å²) < 4.78 is 0. The average Bonchev–Trinajstić information content (AvgIpc) is 3.11. The van der Waals surface area contributed by atoms with E-state index in [1.54, 1.807) is 6.07 Å². The lowest BCUT2D eigenvalue weighted by molar-refractivity contribution is -0.384. The zero-order valence-electron chi connectivity index (χ0n) is 14.8. The van der Waals surface area contributed by atoms with Gasteiger partial charge in [-0.3, -0.25) is 19.8 Å². The van der Waals surface area contributed by atoms with Crippen molar-refractivity contribution >= 4 is 34.8 Å². The average molecular weight is 400 g/mol. The summed E-state index contributed by atoms with van der Waals surface area (Å²) in [7, 11) is 0. The number of piperazine rings is 1. The summed E-state index contributed by atoms with van der Waals surface area (Å²) in [5.74, 6) is 0.472. The maximum Gasteiger partial charge on any atom is 0.289 e. The zero-order chi connectivity index (χ0) is 18.8. The molecule has 0 bridgehead atoms. The fourth-order valence-corrected chi connectivity index (χ4v) is 4.50. The molecule has 1 aliphatic carbocycles. The van der Waals surface area contributed by atoms with Gasteiger partial charge < -0.3 is 4.90 Å². The summed E-state index contributed by atoms with van der Waals surface area (Å²) in [5, 5.41) is 11.6. The molecule has 1 saturated carbocycles. The number of benzene rings is 1. The predicted molar refractivity (Wildman–Crippen MR) is 102 cm³/mol. The topological polar surface area (TPSA) is 66.7 Å². The number of rotatable bonds is 4. The molecule has 2 fully saturated rings. The van der Waals surface area contributed by atoms with Gasteiger partial charge in [0, 0.05) is 49.2 Å². The van der Waals surface area contributed by atoms with Gasteiger partial charge in [0.25, 0.3) is 5.69 Å². The molecule has 0 spiro atoms. The van der Waals surface area contributed by atoms with Gasteiger partial charge in [-0.15, -0.1) is 0 Å². The standard InChI is InChI=1S/C18H23Cl2N3O3/c1-12-10-21(6-7-22(12)18(24)13-4-2-3-5-13)11-14-8-15(19)9-16(17(14)20)23(25)26/h8-9,12-13H,2-7,10-11H2,1H3/t12-/m0/s1. The first-order valence-electron chi connectivity index (χ1n) is 9.02. The van der Waals surface area contributed by atoms with Gasteiger partial charge in [-0.1, -0.05) is 36.0 Å². The predicted octanol–water partition coefficient (Wildman–Crippen LogP) is 4.12. The number of hydrogen-bond donors (Lipinski definition) is 0. The molecule has 2 aliphatic rings. The molecule has 6 nitrogen and oxygen atoms in total. The second kappa shape index (κ2) is 8.11. The first-order chi connectivity index (χ1) is 12.4. The molecule has 0 unspecified atom stereocenters. The van der Waals surface area contributed by atoms with Crippen LogP contribution in [0.15, 0.2) is 12.1 Å². The molecule has 1 atom stereocenters. The van der Waals surface area contributed by atoms with E-state index in [1.807, 2.05) is 4.90 Å². The molecule has 1 aliphatic heterocycles. The van der Waals surface area contributed by atoms with Gasteiger partial charge in [0.05, 0.1) is 4.92 Å². The summed E-state index contributed by atoms with van der Waals surface area (Å²) >= 11 is 12.2. The van der Waals surface area contributed by atoms with Gasteiger partial charge in [0.2, 0.25) is 5.91 Å². The SMILES string of the molecule is C[C@H]1CN(Cc2cc(Cl)cc([N+](=O)[O-])c2Cl)CCN1C(=O)C1CCCC1. The Hall–Kier alpha value is -1.37. The van der Waals surface area contributed by atoms with Gasteiger partial charge in [0.15, 0.2) is 0 Å². The van der Waals surface area contributed by atoms with Crippen molar-refractivity contribution in [2.24, 2.45) is 5.92 Å². The van der Waals surface area contributed by atoms with Crippen LogP contribution < -0.4 is 0 Å². The first-order valence-corrected chi connectivity index (χ1v) is 9.77. The second-order valence-corrected chi connectivity index (χ2v) is 8.07. The van der Waals surface area contributed by atoms with Crippen LogP contribution in [0.25, 0.3) is 0 Å². The van der Waals surface area contributed by atoms with Crippen molar-refractivity contribution in [2.45, 2.75) is 45.2 Å². The number of hydrogen-bond acceptors (Lipinski definition) is 4. The van der Waals surface area contributed by atoms with Crippen LogP contribution in [0.4, 0.5) is 5.69 Å². The van der Waals surface area contributed by atoms with Crippen molar-refractivity contribution in [2.75, 3.05) is 19.6 Å². The number of nitro groups is 1. The third kappa shape index (κ3) is 4.13. The molecule has 8 heteroatoms.